The smallest absolute Gasteiger partial charge is 0.236 e. The van der Waals surface area contributed by atoms with Gasteiger partial charge >= 0.3 is 0 Å². The van der Waals surface area contributed by atoms with Crippen LogP contribution < -0.4 is 5.32 Å². The molecule has 1 N–H and O–H groups in total. The van der Waals surface area contributed by atoms with Crippen molar-refractivity contribution in [1.82, 2.24) is 4.98 Å². The van der Waals surface area contributed by atoms with Gasteiger partial charge in [-0.25, -0.2) is 4.98 Å². The Hall–Kier alpha value is -1.84. The molecular formula is C19H23N3OS2. The summed E-state index contributed by atoms with van der Waals surface area (Å²) in [5, 5.41) is 13.9. The van der Waals surface area contributed by atoms with Gasteiger partial charge in [-0.3, -0.25) is 4.79 Å². The van der Waals surface area contributed by atoms with E-state index < -0.39 is 0 Å². The van der Waals surface area contributed by atoms with E-state index in [0.717, 1.165) is 11.3 Å². The van der Waals surface area contributed by atoms with Crippen LogP contribution >= 0.6 is 23.1 Å². The number of benzene rings is 1. The zero-order valence-corrected chi connectivity index (χ0v) is 16.6. The molecule has 25 heavy (non-hydrogen) atoms. The summed E-state index contributed by atoms with van der Waals surface area (Å²) in [6, 6.07) is 8.56. The molecule has 6 heteroatoms. The molecule has 0 aliphatic carbocycles. The minimum Gasteiger partial charge on any atom is -0.301 e. The Morgan fingerprint density at radius 2 is 2.08 bits per heavy atom. The Bertz CT molecular complexity index is 775. The summed E-state index contributed by atoms with van der Waals surface area (Å²) in [5.41, 5.74) is 4.61. The van der Waals surface area contributed by atoms with Crippen molar-refractivity contribution in [2.45, 2.75) is 39.5 Å². The van der Waals surface area contributed by atoms with E-state index in [0.29, 0.717) is 22.7 Å². The Morgan fingerprint density at radius 3 is 2.72 bits per heavy atom. The standard InChI is InChI=1S/C19H23N3OS2/c1-12(2)14-5-6-15(16(9-14)13(3)4)17-10-25-19(21-17)22-18(23)11-24-8-7-20/h5-6,9-10,12-13H,8,11H2,1-4H3,(H,21,22,23). The van der Waals surface area contributed by atoms with Gasteiger partial charge in [0.25, 0.3) is 0 Å². The second-order valence-corrected chi connectivity index (χ2v) is 8.24. The fourth-order valence-electron chi connectivity index (χ4n) is 2.45. The van der Waals surface area contributed by atoms with Gasteiger partial charge in [-0.2, -0.15) is 5.26 Å². The van der Waals surface area contributed by atoms with E-state index in [2.05, 4.69) is 56.2 Å². The average molecular weight is 374 g/mol. The summed E-state index contributed by atoms with van der Waals surface area (Å²) in [7, 11) is 0. The molecule has 0 radical (unpaired) electrons. The molecule has 1 amide bonds. The number of nitriles is 1. The summed E-state index contributed by atoms with van der Waals surface area (Å²) in [5.74, 6) is 1.35. The first kappa shape index (κ1) is 19.5. The molecular weight excluding hydrogens is 350 g/mol. The second-order valence-electron chi connectivity index (χ2n) is 6.39. The Balaban J connectivity index is 2.19. The number of thioether (sulfide) groups is 1. The lowest BCUT2D eigenvalue weighted by atomic mass is 9.90. The SMILES string of the molecule is CC(C)c1ccc(-c2csc(NC(=O)CSCC#N)n2)c(C(C)C)c1. The minimum atomic E-state index is -0.125. The monoisotopic (exact) mass is 373 g/mol. The van der Waals surface area contributed by atoms with E-state index >= 15 is 0 Å². The fraction of sp³-hybridized carbons (Fsp3) is 0.421. The molecule has 0 aliphatic rings. The summed E-state index contributed by atoms with van der Waals surface area (Å²) in [6.45, 7) is 8.76. The second kappa shape index (κ2) is 9.02. The largest absolute Gasteiger partial charge is 0.301 e. The van der Waals surface area contributed by atoms with Gasteiger partial charge in [0, 0.05) is 10.9 Å². The average Bonchev–Trinajstić information content (AvgIpc) is 3.02. The zero-order chi connectivity index (χ0) is 18.4. The highest BCUT2D eigenvalue weighted by molar-refractivity contribution is 8.00. The first-order chi connectivity index (χ1) is 11.9. The highest BCUT2D eigenvalue weighted by Gasteiger charge is 2.14. The van der Waals surface area contributed by atoms with Crippen LogP contribution in [0.25, 0.3) is 11.3 Å². The van der Waals surface area contributed by atoms with Gasteiger partial charge in [0.1, 0.15) is 0 Å². The third kappa shape index (κ3) is 5.32. The first-order valence-corrected chi connectivity index (χ1v) is 10.3. The van der Waals surface area contributed by atoms with Crippen LogP contribution in [0.5, 0.6) is 0 Å². The lowest BCUT2D eigenvalue weighted by molar-refractivity contribution is -0.113. The number of hydrogen-bond donors (Lipinski definition) is 1. The van der Waals surface area contributed by atoms with Crippen molar-refractivity contribution in [2.75, 3.05) is 16.8 Å². The Kier molecular flexibility index (Phi) is 7.03. The molecule has 2 aromatic rings. The molecule has 1 aromatic carbocycles. The number of hydrogen-bond acceptors (Lipinski definition) is 5. The number of rotatable bonds is 7. The van der Waals surface area contributed by atoms with Crippen molar-refractivity contribution in [3.05, 3.63) is 34.7 Å². The number of carbonyl (C=O) groups excluding carboxylic acids is 1. The van der Waals surface area contributed by atoms with Gasteiger partial charge in [-0.05, 0) is 23.0 Å². The lowest BCUT2D eigenvalue weighted by Gasteiger charge is -2.15. The normalized spacial score (nSPS) is 10.9. The van der Waals surface area contributed by atoms with Crippen molar-refractivity contribution < 1.29 is 4.79 Å². The maximum absolute atomic E-state index is 11.9. The van der Waals surface area contributed by atoms with Crippen LogP contribution in [0.1, 0.15) is 50.7 Å². The van der Waals surface area contributed by atoms with E-state index in [1.165, 1.54) is 34.2 Å². The fourth-order valence-corrected chi connectivity index (χ4v) is 3.63. The molecule has 0 saturated heterocycles. The molecule has 1 aromatic heterocycles. The van der Waals surface area contributed by atoms with Crippen molar-refractivity contribution in [3.63, 3.8) is 0 Å². The number of thiazole rings is 1. The highest BCUT2D eigenvalue weighted by atomic mass is 32.2. The number of nitrogens with one attached hydrogen (secondary N) is 1. The van der Waals surface area contributed by atoms with Crippen LogP contribution in [0.3, 0.4) is 0 Å². The summed E-state index contributed by atoms with van der Waals surface area (Å²) in [6.07, 6.45) is 0. The third-order valence-corrected chi connectivity index (χ3v) is 5.35. The van der Waals surface area contributed by atoms with Gasteiger partial charge < -0.3 is 5.32 Å². The van der Waals surface area contributed by atoms with Crippen LogP contribution in [0.2, 0.25) is 0 Å². The summed E-state index contributed by atoms with van der Waals surface area (Å²) in [4.78, 5) is 16.4. The maximum Gasteiger partial charge on any atom is 0.236 e. The van der Waals surface area contributed by atoms with E-state index in [1.807, 2.05) is 11.4 Å². The minimum absolute atomic E-state index is 0.125. The molecule has 0 fully saturated rings. The van der Waals surface area contributed by atoms with Gasteiger partial charge in [0.2, 0.25) is 5.91 Å². The van der Waals surface area contributed by atoms with Crippen LogP contribution in [-0.4, -0.2) is 22.4 Å². The molecule has 0 atom stereocenters. The molecule has 2 rings (SSSR count). The number of carbonyl (C=O) groups is 1. The number of nitrogens with zero attached hydrogens (tertiary/aromatic N) is 2. The van der Waals surface area contributed by atoms with Gasteiger partial charge in [-0.15, -0.1) is 23.1 Å². The number of aromatic nitrogens is 1. The molecule has 1 heterocycles. The quantitative estimate of drug-likeness (QED) is 0.673. The van der Waals surface area contributed by atoms with Gasteiger partial charge in [0.05, 0.1) is 23.3 Å². The van der Waals surface area contributed by atoms with Crippen LogP contribution in [0.4, 0.5) is 5.13 Å². The first-order valence-electron chi connectivity index (χ1n) is 8.26. The third-order valence-electron chi connectivity index (χ3n) is 3.79. The van der Waals surface area contributed by atoms with E-state index in [-0.39, 0.29) is 11.7 Å². The molecule has 0 saturated carbocycles. The maximum atomic E-state index is 11.9. The predicted octanol–water partition coefficient (Wildman–Crippen LogP) is 5.25. The van der Waals surface area contributed by atoms with Gasteiger partial charge in [0.15, 0.2) is 5.13 Å². The Labute approximate surface area is 157 Å². The highest BCUT2D eigenvalue weighted by Crippen LogP contribution is 2.33. The molecule has 0 spiro atoms. The van der Waals surface area contributed by atoms with Crippen molar-refractivity contribution in [3.8, 4) is 17.3 Å². The van der Waals surface area contributed by atoms with E-state index in [1.54, 1.807) is 0 Å². The summed E-state index contributed by atoms with van der Waals surface area (Å²) < 4.78 is 0. The molecule has 132 valence electrons. The molecule has 0 bridgehead atoms. The molecule has 0 unspecified atom stereocenters. The zero-order valence-electron chi connectivity index (χ0n) is 15.0. The van der Waals surface area contributed by atoms with E-state index in [9.17, 15) is 4.79 Å². The number of amides is 1. The van der Waals surface area contributed by atoms with Crippen LogP contribution in [0, 0.1) is 11.3 Å². The lowest BCUT2D eigenvalue weighted by Crippen LogP contribution is -2.14. The Morgan fingerprint density at radius 1 is 1.32 bits per heavy atom. The van der Waals surface area contributed by atoms with E-state index in [4.69, 9.17) is 5.26 Å². The van der Waals surface area contributed by atoms with Crippen LogP contribution in [-0.2, 0) is 4.79 Å². The molecule has 4 nitrogen and oxygen atoms in total. The summed E-state index contributed by atoms with van der Waals surface area (Å²) >= 11 is 2.72. The topological polar surface area (TPSA) is 65.8 Å². The predicted molar refractivity (Wildman–Crippen MR) is 107 cm³/mol. The van der Waals surface area contributed by atoms with Crippen molar-refractivity contribution in [2.24, 2.45) is 0 Å². The van der Waals surface area contributed by atoms with Gasteiger partial charge in [-0.1, -0.05) is 45.9 Å². The molecule has 0 aliphatic heterocycles. The van der Waals surface area contributed by atoms with Crippen molar-refractivity contribution >= 4 is 34.1 Å². The number of anilines is 1. The van der Waals surface area contributed by atoms with Crippen LogP contribution in [0.15, 0.2) is 23.6 Å². The van der Waals surface area contributed by atoms with Crippen molar-refractivity contribution in [1.29, 1.82) is 5.26 Å².